The third-order valence-electron chi connectivity index (χ3n) is 1.50. The molecule has 0 unspecified atom stereocenters. The number of rotatable bonds is 5. The summed E-state index contributed by atoms with van der Waals surface area (Å²) in [4.78, 5) is 20.2. The smallest absolute Gasteiger partial charge is 0.759 e. The fourth-order valence-corrected chi connectivity index (χ4v) is 0.666. The van der Waals surface area contributed by atoms with Gasteiger partial charge in [-0.3, -0.25) is 8.42 Å². The molecule has 123 valence electrons. The number of aliphatic carboxylic acids is 2. The van der Waals surface area contributed by atoms with Crippen molar-refractivity contribution in [2.75, 3.05) is 0 Å². The predicted octanol–water partition coefficient (Wildman–Crippen LogP) is -4.74. The Morgan fingerprint density at radius 2 is 0.950 bits per heavy atom. The molecule has 14 heteroatoms. The van der Waals surface area contributed by atoms with Crippen LogP contribution in [0.25, 0.3) is 0 Å². The molecule has 0 bridgehead atoms. The van der Waals surface area contributed by atoms with Crippen molar-refractivity contribution in [3.63, 3.8) is 0 Å². The second-order valence-corrected chi connectivity index (χ2v) is 3.77. The molecule has 0 rings (SSSR count). The van der Waals surface area contributed by atoms with Gasteiger partial charge in [0.25, 0.3) is 0 Å². The van der Waals surface area contributed by atoms with Gasteiger partial charge in [0.1, 0.15) is 12.2 Å². The van der Waals surface area contributed by atoms with Crippen molar-refractivity contribution in [1.29, 1.82) is 0 Å². The van der Waals surface area contributed by atoms with Crippen LogP contribution in [-0.4, -0.2) is 84.5 Å². The van der Waals surface area contributed by atoms with Gasteiger partial charge in [-0.15, -0.1) is 0 Å². The number of aliphatic hydroxyl groups is 4. The molecule has 1 radical (unpaired) electrons. The molecular formula is C6H10CuO12S. The Morgan fingerprint density at radius 3 is 1.05 bits per heavy atom. The molecule has 0 amide bonds. The number of hydrogen-bond acceptors (Lipinski definition) is 10. The molecular weight excluding hydrogens is 360 g/mol. The van der Waals surface area contributed by atoms with Crippen LogP contribution in [0.15, 0.2) is 0 Å². The zero-order valence-electron chi connectivity index (χ0n) is 9.15. The zero-order chi connectivity index (χ0) is 16.0. The topological polar surface area (TPSA) is 236 Å². The van der Waals surface area contributed by atoms with E-state index in [1.165, 1.54) is 0 Å². The Labute approximate surface area is 122 Å². The minimum absolute atomic E-state index is 0. The van der Waals surface area contributed by atoms with E-state index in [4.69, 9.17) is 48.2 Å². The van der Waals surface area contributed by atoms with E-state index in [0.29, 0.717) is 0 Å². The van der Waals surface area contributed by atoms with Gasteiger partial charge in [-0.2, -0.15) is 0 Å². The molecule has 20 heavy (non-hydrogen) atoms. The molecule has 0 saturated heterocycles. The van der Waals surface area contributed by atoms with Gasteiger partial charge in [0, 0.05) is 10.4 Å². The summed E-state index contributed by atoms with van der Waals surface area (Å²) in [6.45, 7) is 0. The van der Waals surface area contributed by atoms with Crippen LogP contribution >= 0.6 is 0 Å². The summed E-state index contributed by atoms with van der Waals surface area (Å²) in [7, 11) is -5.17. The van der Waals surface area contributed by atoms with Crippen LogP contribution in [0.3, 0.4) is 0 Å². The minimum atomic E-state index is -5.17. The third kappa shape index (κ3) is 12.2. The number of hydrogen-bond donors (Lipinski definition) is 6. The first-order valence-electron chi connectivity index (χ1n) is 4.13. The Kier molecular flexibility index (Phi) is 12.1. The SMILES string of the molecule is O=C(O)[C@@H](O)[C@@H](O)[C@H](O)[C@@H](O)C(=O)O.O=S(=O)([O-])[O-].[Cu+2]. The summed E-state index contributed by atoms with van der Waals surface area (Å²) in [6.07, 6.45) is -9.28. The fraction of sp³-hybridized carbons (Fsp3) is 0.667. The van der Waals surface area contributed by atoms with Crippen molar-refractivity contribution < 1.29 is 74.8 Å². The maximum Gasteiger partial charge on any atom is 2.00 e. The Bertz CT molecular complexity index is 374. The van der Waals surface area contributed by atoms with Gasteiger partial charge in [-0.1, -0.05) is 0 Å². The van der Waals surface area contributed by atoms with Crippen LogP contribution in [0.2, 0.25) is 0 Å². The maximum atomic E-state index is 10.1. The number of carbonyl (C=O) groups is 2. The van der Waals surface area contributed by atoms with Crippen LogP contribution < -0.4 is 0 Å². The van der Waals surface area contributed by atoms with Crippen molar-refractivity contribution in [1.82, 2.24) is 0 Å². The number of carboxylic acid groups (broad SMARTS) is 2. The monoisotopic (exact) mass is 369 g/mol. The average molecular weight is 370 g/mol. The molecule has 12 nitrogen and oxygen atoms in total. The Morgan fingerprint density at radius 1 is 0.800 bits per heavy atom. The fourth-order valence-electron chi connectivity index (χ4n) is 0.666. The summed E-state index contributed by atoms with van der Waals surface area (Å²) in [6, 6.07) is 0. The van der Waals surface area contributed by atoms with Gasteiger partial charge in [0.15, 0.2) is 12.2 Å². The van der Waals surface area contributed by atoms with Gasteiger partial charge in [-0.05, 0) is 0 Å². The number of carboxylic acids is 2. The molecule has 0 spiro atoms. The van der Waals surface area contributed by atoms with E-state index in [2.05, 4.69) is 0 Å². The molecule has 6 N–H and O–H groups in total. The first-order chi connectivity index (χ1) is 8.29. The molecule has 0 aliphatic carbocycles. The molecule has 0 heterocycles. The van der Waals surface area contributed by atoms with Gasteiger partial charge < -0.3 is 39.7 Å². The summed E-state index contributed by atoms with van der Waals surface area (Å²) in [5.41, 5.74) is 0. The van der Waals surface area contributed by atoms with Crippen LogP contribution in [0.1, 0.15) is 0 Å². The molecule has 4 atom stereocenters. The summed E-state index contributed by atoms with van der Waals surface area (Å²) >= 11 is 0. The van der Waals surface area contributed by atoms with Crippen molar-refractivity contribution in [2.45, 2.75) is 24.4 Å². The number of aliphatic hydroxyl groups excluding tert-OH is 4. The molecule has 0 aromatic heterocycles. The second kappa shape index (κ2) is 9.98. The van der Waals surface area contributed by atoms with E-state index in [1.807, 2.05) is 0 Å². The van der Waals surface area contributed by atoms with Crippen molar-refractivity contribution in [3.05, 3.63) is 0 Å². The molecule has 0 saturated carbocycles. The molecule has 0 aliphatic rings. The molecule has 0 aromatic rings. The second-order valence-electron chi connectivity index (χ2n) is 2.96. The van der Waals surface area contributed by atoms with Crippen molar-refractivity contribution in [2.24, 2.45) is 0 Å². The van der Waals surface area contributed by atoms with Gasteiger partial charge in [0.2, 0.25) is 0 Å². The van der Waals surface area contributed by atoms with E-state index in [0.717, 1.165) is 0 Å². The average Bonchev–Trinajstić information content (AvgIpc) is 2.22. The first kappa shape index (κ1) is 24.2. The quantitative estimate of drug-likeness (QED) is 0.152. The summed E-state index contributed by atoms with van der Waals surface area (Å²) in [5, 5.41) is 51.5. The van der Waals surface area contributed by atoms with Crippen molar-refractivity contribution in [3.8, 4) is 0 Å². The molecule has 0 aliphatic heterocycles. The van der Waals surface area contributed by atoms with Crippen LogP contribution in [0.5, 0.6) is 0 Å². The van der Waals surface area contributed by atoms with E-state index in [9.17, 15) is 9.59 Å². The van der Waals surface area contributed by atoms with Crippen molar-refractivity contribution >= 4 is 22.3 Å². The Hall–Kier alpha value is -0.831. The van der Waals surface area contributed by atoms with Gasteiger partial charge >= 0.3 is 29.0 Å². The van der Waals surface area contributed by atoms with E-state index < -0.39 is 46.8 Å². The molecule has 0 aromatic carbocycles. The third-order valence-corrected chi connectivity index (χ3v) is 1.50. The largest absolute Gasteiger partial charge is 2.00 e. The van der Waals surface area contributed by atoms with E-state index in [-0.39, 0.29) is 17.1 Å². The van der Waals surface area contributed by atoms with Crippen LogP contribution in [0.4, 0.5) is 0 Å². The molecule has 0 fully saturated rings. The predicted molar refractivity (Wildman–Crippen MR) is 49.8 cm³/mol. The zero-order valence-corrected chi connectivity index (χ0v) is 10.9. The standard InChI is InChI=1S/C6H10O8.Cu.H2O4S/c7-1(3(9)5(11)12)2(8)4(10)6(13)14;;1-5(2,3)4/h1-4,7-10H,(H,11,12)(H,13,14);;(H2,1,2,3,4)/q;+2;/p-2/t1-,2-,3-,4+;;/m0../s1. The summed E-state index contributed by atoms with van der Waals surface area (Å²) in [5.74, 6) is -3.68. The van der Waals surface area contributed by atoms with Crippen LogP contribution in [0, 0.1) is 0 Å². The van der Waals surface area contributed by atoms with Gasteiger partial charge in [0.05, 0.1) is 0 Å². The first-order valence-corrected chi connectivity index (χ1v) is 5.47. The van der Waals surface area contributed by atoms with E-state index in [1.54, 1.807) is 0 Å². The minimum Gasteiger partial charge on any atom is -0.759 e. The van der Waals surface area contributed by atoms with Crippen LogP contribution in [-0.2, 0) is 37.1 Å². The Balaban J connectivity index is -0.000000414. The normalized spacial score (nSPS) is 16.5. The van der Waals surface area contributed by atoms with Gasteiger partial charge in [-0.25, -0.2) is 9.59 Å². The summed E-state index contributed by atoms with van der Waals surface area (Å²) < 4.78 is 34.1. The maximum absolute atomic E-state index is 10.1. The van der Waals surface area contributed by atoms with E-state index >= 15 is 0 Å².